The van der Waals surface area contributed by atoms with Crippen molar-refractivity contribution in [3.8, 4) is 11.6 Å². The molecule has 0 aliphatic carbocycles. The summed E-state index contributed by atoms with van der Waals surface area (Å²) in [6.45, 7) is 6.82. The predicted octanol–water partition coefficient (Wildman–Crippen LogP) is 3.53. The Morgan fingerprint density at radius 3 is 2.47 bits per heavy atom. The molecular formula is C25H28N4O5. The van der Waals surface area contributed by atoms with E-state index in [9.17, 15) is 14.4 Å². The number of aromatic nitrogens is 2. The van der Waals surface area contributed by atoms with Gasteiger partial charge in [-0.05, 0) is 64.3 Å². The minimum Gasteiger partial charge on any atom is -0.497 e. The quantitative estimate of drug-likeness (QED) is 0.404. The van der Waals surface area contributed by atoms with E-state index in [1.807, 2.05) is 35.8 Å². The summed E-state index contributed by atoms with van der Waals surface area (Å²) in [5.41, 5.74) is 1.85. The Labute approximate surface area is 197 Å². The van der Waals surface area contributed by atoms with Crippen molar-refractivity contribution in [3.63, 3.8) is 0 Å². The van der Waals surface area contributed by atoms with Gasteiger partial charge in [-0.25, -0.2) is 4.79 Å². The number of imide groups is 1. The molecule has 178 valence electrons. The monoisotopic (exact) mass is 464 g/mol. The Morgan fingerprint density at radius 2 is 1.85 bits per heavy atom. The van der Waals surface area contributed by atoms with E-state index in [2.05, 4.69) is 10.5 Å². The van der Waals surface area contributed by atoms with Gasteiger partial charge in [-0.15, -0.1) is 0 Å². The molecule has 2 aromatic heterocycles. The smallest absolute Gasteiger partial charge is 0.325 e. The molecule has 3 heterocycles. The minimum absolute atomic E-state index is 0.317. The van der Waals surface area contributed by atoms with Gasteiger partial charge < -0.3 is 14.6 Å². The summed E-state index contributed by atoms with van der Waals surface area (Å²) < 4.78 is 12.1. The fraction of sp³-hybridized carbons (Fsp3) is 0.360. The molecule has 1 saturated heterocycles. The third-order valence-corrected chi connectivity index (χ3v) is 6.30. The predicted molar refractivity (Wildman–Crippen MR) is 124 cm³/mol. The van der Waals surface area contributed by atoms with E-state index in [0.717, 1.165) is 21.9 Å². The minimum atomic E-state index is -1.08. The van der Waals surface area contributed by atoms with Gasteiger partial charge in [-0.2, -0.15) is 0 Å². The SMILES string of the molecule is COc1ccc(CCC2(C)NC(=O)N(CC(=O)c3cc(C)n(-c4cc(C)on4)c3C)C2=O)cc1. The lowest BCUT2D eigenvalue weighted by atomic mass is 9.93. The van der Waals surface area contributed by atoms with Gasteiger partial charge in [0, 0.05) is 23.0 Å². The summed E-state index contributed by atoms with van der Waals surface area (Å²) in [6, 6.07) is 10.5. The van der Waals surface area contributed by atoms with E-state index in [1.165, 1.54) is 0 Å². The topological polar surface area (TPSA) is 107 Å². The number of urea groups is 1. The molecule has 0 bridgehead atoms. The molecule has 0 spiro atoms. The van der Waals surface area contributed by atoms with Crippen LogP contribution in [0.25, 0.3) is 5.82 Å². The van der Waals surface area contributed by atoms with Crippen molar-refractivity contribution in [2.45, 2.75) is 46.1 Å². The summed E-state index contributed by atoms with van der Waals surface area (Å²) >= 11 is 0. The van der Waals surface area contributed by atoms with Gasteiger partial charge in [0.05, 0.1) is 13.7 Å². The fourth-order valence-electron chi connectivity index (χ4n) is 4.33. The third kappa shape index (κ3) is 4.21. The largest absolute Gasteiger partial charge is 0.497 e. The third-order valence-electron chi connectivity index (χ3n) is 6.30. The van der Waals surface area contributed by atoms with Crippen molar-refractivity contribution >= 4 is 17.7 Å². The highest BCUT2D eigenvalue weighted by atomic mass is 16.5. The number of rotatable bonds is 8. The van der Waals surface area contributed by atoms with Crippen LogP contribution < -0.4 is 10.1 Å². The second kappa shape index (κ2) is 8.81. The summed E-state index contributed by atoms with van der Waals surface area (Å²) in [4.78, 5) is 39.9. The Balaban J connectivity index is 1.47. The number of aryl methyl sites for hydroxylation is 3. The van der Waals surface area contributed by atoms with Crippen LogP contribution in [0.15, 0.2) is 40.9 Å². The van der Waals surface area contributed by atoms with Crippen LogP contribution in [0.2, 0.25) is 0 Å². The molecule has 9 heteroatoms. The average Bonchev–Trinajstić information content (AvgIpc) is 3.42. The van der Waals surface area contributed by atoms with Crippen LogP contribution in [-0.4, -0.2) is 51.5 Å². The summed E-state index contributed by atoms with van der Waals surface area (Å²) in [7, 11) is 1.60. The molecule has 1 aliphatic rings. The molecule has 3 amide bonds. The molecule has 3 aromatic rings. The van der Waals surface area contributed by atoms with Crippen LogP contribution >= 0.6 is 0 Å². The van der Waals surface area contributed by atoms with Crippen LogP contribution in [0.3, 0.4) is 0 Å². The molecule has 1 unspecified atom stereocenters. The number of benzene rings is 1. The first-order valence-electron chi connectivity index (χ1n) is 11.1. The zero-order chi connectivity index (χ0) is 24.6. The Bertz CT molecular complexity index is 1260. The highest BCUT2D eigenvalue weighted by Gasteiger charge is 2.48. The van der Waals surface area contributed by atoms with Crippen LogP contribution in [0.5, 0.6) is 5.75 Å². The van der Waals surface area contributed by atoms with Crippen molar-refractivity contribution < 1.29 is 23.6 Å². The standard InChI is InChI=1S/C25H28N4O5/c1-15-12-20(17(3)29(15)22-13-16(2)34-27-22)21(30)14-28-23(31)25(4,26-24(28)32)11-10-18-6-8-19(33-5)9-7-18/h6-9,12-13H,10-11,14H2,1-5H3,(H,26,32). The number of methoxy groups -OCH3 is 1. The first-order valence-corrected chi connectivity index (χ1v) is 11.1. The van der Waals surface area contributed by atoms with E-state index in [-0.39, 0.29) is 12.3 Å². The van der Waals surface area contributed by atoms with Gasteiger partial charge in [-0.1, -0.05) is 17.3 Å². The van der Waals surface area contributed by atoms with Crippen molar-refractivity contribution in [2.75, 3.05) is 13.7 Å². The van der Waals surface area contributed by atoms with Crippen LogP contribution in [-0.2, 0) is 11.2 Å². The summed E-state index contributed by atoms with van der Waals surface area (Å²) in [5, 5.41) is 6.80. The maximum atomic E-state index is 13.2. The molecule has 1 atom stereocenters. The van der Waals surface area contributed by atoms with Gasteiger partial charge in [0.1, 0.15) is 17.0 Å². The second-order valence-electron chi connectivity index (χ2n) is 8.84. The van der Waals surface area contributed by atoms with Gasteiger partial charge in [0.25, 0.3) is 5.91 Å². The molecular weight excluding hydrogens is 436 g/mol. The summed E-state index contributed by atoms with van der Waals surface area (Å²) in [5.74, 6) is 1.27. The molecule has 4 rings (SSSR count). The lowest BCUT2D eigenvalue weighted by Crippen LogP contribution is -2.44. The number of nitrogens with zero attached hydrogens (tertiary/aromatic N) is 3. The van der Waals surface area contributed by atoms with E-state index in [1.54, 1.807) is 40.0 Å². The van der Waals surface area contributed by atoms with E-state index >= 15 is 0 Å². The van der Waals surface area contributed by atoms with E-state index in [0.29, 0.717) is 35.7 Å². The van der Waals surface area contributed by atoms with Gasteiger partial charge in [0.15, 0.2) is 11.6 Å². The summed E-state index contributed by atoms with van der Waals surface area (Å²) in [6.07, 6.45) is 1.00. The molecule has 0 saturated carbocycles. The van der Waals surface area contributed by atoms with Crippen LogP contribution in [0.1, 0.15) is 46.4 Å². The Morgan fingerprint density at radius 1 is 1.15 bits per heavy atom. The number of ketones is 1. The van der Waals surface area contributed by atoms with Crippen molar-refractivity contribution in [2.24, 2.45) is 0 Å². The Kier molecular flexibility index (Phi) is 6.03. The molecule has 1 aliphatic heterocycles. The van der Waals surface area contributed by atoms with Crippen LogP contribution in [0.4, 0.5) is 4.79 Å². The first kappa shape index (κ1) is 23.3. The van der Waals surface area contributed by atoms with Crippen molar-refractivity contribution in [3.05, 3.63) is 64.7 Å². The van der Waals surface area contributed by atoms with Crippen molar-refractivity contribution in [1.82, 2.24) is 19.9 Å². The Hall–Kier alpha value is -3.88. The molecule has 0 radical (unpaired) electrons. The number of Topliss-reactive ketones (excluding diaryl/α,β-unsaturated/α-hetero) is 1. The number of ether oxygens (including phenoxy) is 1. The number of hydrogen-bond acceptors (Lipinski definition) is 6. The molecule has 9 nitrogen and oxygen atoms in total. The lowest BCUT2D eigenvalue weighted by Gasteiger charge is -2.21. The number of nitrogens with one attached hydrogen (secondary N) is 1. The van der Waals surface area contributed by atoms with Gasteiger partial charge >= 0.3 is 6.03 Å². The zero-order valence-electron chi connectivity index (χ0n) is 20.0. The van der Waals surface area contributed by atoms with Crippen LogP contribution in [0, 0.1) is 20.8 Å². The zero-order valence-corrected chi connectivity index (χ0v) is 20.0. The molecule has 1 N–H and O–H groups in total. The number of amides is 3. The number of hydrogen-bond donors (Lipinski definition) is 1. The molecule has 1 aromatic carbocycles. The van der Waals surface area contributed by atoms with E-state index in [4.69, 9.17) is 9.26 Å². The maximum Gasteiger partial charge on any atom is 0.325 e. The highest BCUT2D eigenvalue weighted by Crippen LogP contribution is 2.26. The van der Waals surface area contributed by atoms with Gasteiger partial charge in [0.2, 0.25) is 0 Å². The van der Waals surface area contributed by atoms with Crippen molar-refractivity contribution in [1.29, 1.82) is 0 Å². The second-order valence-corrected chi connectivity index (χ2v) is 8.84. The highest BCUT2D eigenvalue weighted by molar-refractivity contribution is 6.11. The normalized spacial score (nSPS) is 17.9. The number of carbonyl (C=O) groups is 3. The first-order chi connectivity index (χ1) is 16.1. The molecule has 1 fully saturated rings. The van der Waals surface area contributed by atoms with E-state index < -0.39 is 17.5 Å². The fourth-order valence-corrected chi connectivity index (χ4v) is 4.33. The number of carbonyl (C=O) groups excluding carboxylic acids is 3. The lowest BCUT2D eigenvalue weighted by molar-refractivity contribution is -0.130. The average molecular weight is 465 g/mol. The molecule has 34 heavy (non-hydrogen) atoms. The van der Waals surface area contributed by atoms with Gasteiger partial charge in [-0.3, -0.25) is 19.1 Å². The maximum absolute atomic E-state index is 13.2.